The van der Waals surface area contributed by atoms with Crippen molar-refractivity contribution in [2.24, 2.45) is 0 Å². The number of hydrogen-bond acceptors (Lipinski definition) is 6. The normalized spacial score (nSPS) is 12.5. The zero-order chi connectivity index (χ0) is 19.3. The molecule has 0 fully saturated rings. The van der Waals surface area contributed by atoms with Gasteiger partial charge in [-0.15, -0.1) is 0 Å². The minimum atomic E-state index is -3.21. The van der Waals surface area contributed by atoms with Crippen LogP contribution in [0.1, 0.15) is 47.5 Å². The first-order chi connectivity index (χ1) is 11.9. The summed E-state index contributed by atoms with van der Waals surface area (Å²) in [5.74, 6) is -1.14. The minimum absolute atomic E-state index is 0.0249. The van der Waals surface area contributed by atoms with Crippen LogP contribution in [-0.4, -0.2) is 52.4 Å². The van der Waals surface area contributed by atoms with Gasteiger partial charge in [0, 0.05) is 25.5 Å². The number of alkyl carbamates (subject to hydrolysis) is 1. The van der Waals surface area contributed by atoms with Gasteiger partial charge in [0.1, 0.15) is 0 Å². The number of aliphatic carboxylic acids is 1. The Morgan fingerprint density at radius 3 is 1.80 bits per heavy atom. The van der Waals surface area contributed by atoms with Gasteiger partial charge in [0.15, 0.2) is 0 Å². The van der Waals surface area contributed by atoms with E-state index in [1.165, 1.54) is 0 Å². The van der Waals surface area contributed by atoms with Crippen molar-refractivity contribution in [2.45, 2.75) is 53.5 Å². The third-order valence-electron chi connectivity index (χ3n) is 3.14. The molecule has 0 aliphatic carbocycles. The summed E-state index contributed by atoms with van der Waals surface area (Å²) in [6.45, 7) is 10.2. The second-order valence-corrected chi connectivity index (χ2v) is 7.60. The van der Waals surface area contributed by atoms with Gasteiger partial charge in [0.05, 0.1) is 18.2 Å². The summed E-state index contributed by atoms with van der Waals surface area (Å²) in [7, 11) is -3.21. The molecule has 0 bridgehead atoms. The number of nitrogens with one attached hydrogen (secondary N) is 1. The molecular weight excluding hydrogens is 346 g/mol. The number of amides is 1. The summed E-state index contributed by atoms with van der Waals surface area (Å²) < 4.78 is 22.0. The highest BCUT2D eigenvalue weighted by Gasteiger charge is 2.43. The zero-order valence-corrected chi connectivity index (χ0v) is 16.8. The summed E-state index contributed by atoms with van der Waals surface area (Å²) in [5.41, 5.74) is 0.321. The van der Waals surface area contributed by atoms with Crippen molar-refractivity contribution >= 4 is 20.9 Å². The van der Waals surface area contributed by atoms with Gasteiger partial charge in [-0.3, -0.25) is 5.32 Å². The van der Waals surface area contributed by atoms with E-state index in [4.69, 9.17) is 18.0 Å². The maximum Gasteiger partial charge on any atom is 0.505 e. The number of carbonyl (C=O) groups is 2. The van der Waals surface area contributed by atoms with Crippen molar-refractivity contribution in [1.29, 1.82) is 0 Å². The lowest BCUT2D eigenvalue weighted by Gasteiger charge is -2.29. The van der Waals surface area contributed by atoms with Crippen LogP contribution in [0.3, 0.4) is 0 Å². The van der Waals surface area contributed by atoms with Crippen LogP contribution in [0.25, 0.3) is 0 Å². The number of ether oxygens (including phenoxy) is 1. The van der Waals surface area contributed by atoms with Gasteiger partial charge in [-0.1, -0.05) is 13.3 Å². The quantitative estimate of drug-likeness (QED) is 0.376. The van der Waals surface area contributed by atoms with Crippen molar-refractivity contribution in [2.75, 3.05) is 26.4 Å². The predicted octanol–water partition coefficient (Wildman–Crippen LogP) is 2.92. The lowest BCUT2D eigenvalue weighted by atomic mass is 10.1. The molecule has 0 rings (SSSR count). The van der Waals surface area contributed by atoms with Gasteiger partial charge < -0.3 is 23.1 Å². The summed E-state index contributed by atoms with van der Waals surface area (Å²) >= 11 is 0. The van der Waals surface area contributed by atoms with Crippen LogP contribution in [0.4, 0.5) is 4.79 Å². The minimum Gasteiger partial charge on any atom is -0.478 e. The summed E-state index contributed by atoms with van der Waals surface area (Å²) in [4.78, 5) is 23.6. The molecule has 0 saturated carbocycles. The van der Waals surface area contributed by atoms with Gasteiger partial charge in [-0.25, -0.2) is 9.59 Å². The highest BCUT2D eigenvalue weighted by atomic mass is 28.4. The van der Waals surface area contributed by atoms with E-state index in [1.54, 1.807) is 27.7 Å². The number of carbonyl (C=O) groups excluding carboxylic acids is 1. The zero-order valence-electron chi connectivity index (χ0n) is 15.8. The van der Waals surface area contributed by atoms with Crippen LogP contribution in [-0.2, 0) is 22.8 Å². The van der Waals surface area contributed by atoms with Crippen LogP contribution in [0.5, 0.6) is 0 Å². The monoisotopic (exact) mass is 377 g/mol. The highest BCUT2D eigenvalue weighted by Crippen LogP contribution is 2.25. The van der Waals surface area contributed by atoms with Crippen LogP contribution >= 0.6 is 0 Å². The number of hydrogen-bond donors (Lipinski definition) is 2. The first kappa shape index (κ1) is 23.6. The molecule has 0 aliphatic rings. The van der Waals surface area contributed by atoms with Crippen LogP contribution in [0.15, 0.2) is 11.3 Å². The van der Waals surface area contributed by atoms with Gasteiger partial charge in [-0.2, -0.15) is 0 Å². The molecule has 8 nitrogen and oxygen atoms in total. The Balaban J connectivity index is 5.80. The standard InChI is InChI=1S/C16H31NO7Si/c1-6-11-14(17-16(20)21-7-2)13(15(18)19)12-25(22-8-3,23-9-4)24-10-5/h6-12H2,1-5H3,(H,17,20)(H,18,19). The topological polar surface area (TPSA) is 103 Å². The number of allylic oxidation sites excluding steroid dienone is 1. The second-order valence-electron chi connectivity index (χ2n) is 5.02. The number of carboxylic acids is 1. The third-order valence-corrected chi connectivity index (χ3v) is 6.11. The highest BCUT2D eigenvalue weighted by molar-refractivity contribution is 6.62. The molecule has 0 aromatic carbocycles. The van der Waals surface area contributed by atoms with E-state index < -0.39 is 20.9 Å². The van der Waals surface area contributed by atoms with E-state index >= 15 is 0 Å². The van der Waals surface area contributed by atoms with E-state index in [2.05, 4.69) is 5.32 Å². The Morgan fingerprint density at radius 1 is 0.920 bits per heavy atom. The fraction of sp³-hybridized carbons (Fsp3) is 0.750. The van der Waals surface area contributed by atoms with E-state index in [0.29, 0.717) is 38.4 Å². The maximum atomic E-state index is 11.9. The van der Waals surface area contributed by atoms with Crippen LogP contribution < -0.4 is 5.32 Å². The molecule has 1 amide bonds. The Kier molecular flexibility index (Phi) is 12.1. The van der Waals surface area contributed by atoms with Gasteiger partial charge >= 0.3 is 20.9 Å². The molecule has 0 spiro atoms. The summed E-state index contributed by atoms with van der Waals surface area (Å²) in [6, 6.07) is -0.0282. The fourth-order valence-electron chi connectivity index (χ4n) is 2.29. The van der Waals surface area contributed by atoms with Crippen molar-refractivity contribution in [1.82, 2.24) is 5.32 Å². The summed E-state index contributed by atoms with van der Waals surface area (Å²) in [5, 5.41) is 12.2. The molecular formula is C16H31NO7Si. The van der Waals surface area contributed by atoms with Gasteiger partial charge in [-0.05, 0) is 34.1 Å². The SMILES string of the molecule is CCCC(NC(=O)OCC)=C(C[Si](OCC)(OCC)OCC)C(=O)O. The smallest absolute Gasteiger partial charge is 0.478 e. The Hall–Kier alpha value is -1.42. The van der Waals surface area contributed by atoms with E-state index in [9.17, 15) is 14.7 Å². The van der Waals surface area contributed by atoms with Crippen molar-refractivity contribution < 1.29 is 32.7 Å². The van der Waals surface area contributed by atoms with Gasteiger partial charge in [0.25, 0.3) is 0 Å². The number of rotatable bonds is 13. The van der Waals surface area contributed by atoms with E-state index in [0.717, 1.165) is 0 Å². The molecule has 2 N–H and O–H groups in total. The third kappa shape index (κ3) is 8.48. The van der Waals surface area contributed by atoms with E-state index in [1.807, 2.05) is 6.92 Å². The van der Waals surface area contributed by atoms with Crippen LogP contribution in [0, 0.1) is 0 Å². The van der Waals surface area contributed by atoms with Gasteiger partial charge in [0.2, 0.25) is 0 Å². The molecule has 0 unspecified atom stereocenters. The van der Waals surface area contributed by atoms with Crippen LogP contribution in [0.2, 0.25) is 6.04 Å². The molecule has 0 atom stereocenters. The maximum absolute atomic E-state index is 11.9. The Bertz CT molecular complexity index is 437. The number of carboxylic acid groups (broad SMARTS) is 1. The Morgan fingerprint density at radius 2 is 1.44 bits per heavy atom. The largest absolute Gasteiger partial charge is 0.505 e. The first-order valence-corrected chi connectivity index (χ1v) is 10.6. The molecule has 25 heavy (non-hydrogen) atoms. The molecule has 0 aliphatic heterocycles. The lowest BCUT2D eigenvalue weighted by molar-refractivity contribution is -0.132. The molecule has 0 radical (unpaired) electrons. The lowest BCUT2D eigenvalue weighted by Crippen LogP contribution is -2.47. The first-order valence-electron chi connectivity index (χ1n) is 8.70. The van der Waals surface area contributed by atoms with Crippen molar-refractivity contribution in [3.63, 3.8) is 0 Å². The predicted molar refractivity (Wildman–Crippen MR) is 95.2 cm³/mol. The van der Waals surface area contributed by atoms with Crippen molar-refractivity contribution in [3.8, 4) is 0 Å². The molecule has 0 aromatic heterocycles. The molecule has 9 heteroatoms. The molecule has 146 valence electrons. The van der Waals surface area contributed by atoms with Crippen molar-refractivity contribution in [3.05, 3.63) is 11.3 Å². The summed E-state index contributed by atoms with van der Waals surface area (Å²) in [6.07, 6.45) is 0.362. The average molecular weight is 378 g/mol. The Labute approximate surface area is 150 Å². The second kappa shape index (κ2) is 12.9. The fourth-order valence-corrected chi connectivity index (χ4v) is 4.97. The average Bonchev–Trinajstić information content (AvgIpc) is 2.53. The molecule has 0 heterocycles. The molecule has 0 aromatic rings. The molecule has 0 saturated heterocycles. The van der Waals surface area contributed by atoms with E-state index in [-0.39, 0.29) is 18.2 Å².